The number of rotatable bonds is 13. The molecule has 0 amide bonds. The maximum atomic E-state index is 14.1. The predicted molar refractivity (Wildman–Crippen MR) is 214 cm³/mol. The number of benzene rings is 5. The van der Waals surface area contributed by atoms with E-state index in [0.29, 0.717) is 33.1 Å². The molecule has 0 radical (unpaired) electrons. The molecule has 1 aromatic heterocycles. The van der Waals surface area contributed by atoms with Gasteiger partial charge < -0.3 is 23.6 Å². The quantitative estimate of drug-likeness (QED) is 0.0652. The van der Waals surface area contributed by atoms with Crippen molar-refractivity contribution in [3.63, 3.8) is 0 Å². The van der Waals surface area contributed by atoms with Crippen molar-refractivity contribution < 1.29 is 59.3 Å². The highest BCUT2D eigenvalue weighted by atomic mass is 35.5. The third-order valence-corrected chi connectivity index (χ3v) is 9.50. The SMILES string of the molecule is CC(=O)CCC(=O)c1cc(Cl)ccc1OCc1c(F)cccc1F.COC(=O)c1cc(-n2c(C)ccc2-c2cc(Cl)ccc2OCc2c(F)cccc2F)cc(C(F)(F)F)c1. The second-order valence-electron chi connectivity index (χ2n) is 13.3. The van der Waals surface area contributed by atoms with Gasteiger partial charge in [-0.05, 0) is 105 Å². The van der Waals surface area contributed by atoms with Crippen molar-refractivity contribution in [3.8, 4) is 28.4 Å². The van der Waals surface area contributed by atoms with E-state index in [1.54, 1.807) is 19.1 Å². The predicted octanol–water partition coefficient (Wildman–Crippen LogP) is 12.5. The molecule has 6 rings (SSSR count). The summed E-state index contributed by atoms with van der Waals surface area (Å²) in [7, 11) is 1.07. The molecule has 61 heavy (non-hydrogen) atoms. The number of ketones is 2. The minimum absolute atomic E-state index is 0.0140. The molecular weight excluding hydrogens is 854 g/mol. The van der Waals surface area contributed by atoms with Crippen LogP contribution in [0.3, 0.4) is 0 Å². The maximum Gasteiger partial charge on any atom is 0.416 e. The van der Waals surface area contributed by atoms with E-state index in [2.05, 4.69) is 4.74 Å². The van der Waals surface area contributed by atoms with Crippen LogP contribution < -0.4 is 9.47 Å². The van der Waals surface area contributed by atoms with Gasteiger partial charge in [0, 0.05) is 39.8 Å². The van der Waals surface area contributed by atoms with Gasteiger partial charge in [0.1, 0.15) is 53.8 Å². The monoisotopic (exact) mass is 887 g/mol. The summed E-state index contributed by atoms with van der Waals surface area (Å²) in [6.07, 6.45) is -4.61. The molecule has 0 saturated carbocycles. The van der Waals surface area contributed by atoms with Crippen LogP contribution in [0.25, 0.3) is 16.9 Å². The Bertz CT molecular complexity index is 2550. The summed E-state index contributed by atoms with van der Waals surface area (Å²) < 4.78 is 114. The summed E-state index contributed by atoms with van der Waals surface area (Å²) >= 11 is 12.1. The van der Waals surface area contributed by atoms with Gasteiger partial charge in [0.2, 0.25) is 0 Å². The van der Waals surface area contributed by atoms with E-state index in [1.807, 2.05) is 0 Å². The maximum absolute atomic E-state index is 14.1. The first-order chi connectivity index (χ1) is 28.9. The minimum atomic E-state index is -4.73. The summed E-state index contributed by atoms with van der Waals surface area (Å²) in [6.45, 7) is 2.25. The van der Waals surface area contributed by atoms with Crippen molar-refractivity contribution in [3.05, 3.63) is 170 Å². The van der Waals surface area contributed by atoms with Gasteiger partial charge in [0.05, 0.1) is 40.6 Å². The Morgan fingerprint density at radius 3 is 1.75 bits per heavy atom. The number of ether oxygens (including phenoxy) is 3. The average Bonchev–Trinajstić information content (AvgIpc) is 3.60. The Morgan fingerprint density at radius 2 is 1.21 bits per heavy atom. The second kappa shape index (κ2) is 20.0. The van der Waals surface area contributed by atoms with Gasteiger partial charge in [0.15, 0.2) is 5.78 Å². The lowest BCUT2D eigenvalue weighted by molar-refractivity contribution is -0.137. The molecule has 5 aromatic carbocycles. The molecular formula is C45H34Cl2F7NO6. The van der Waals surface area contributed by atoms with Crippen LogP contribution >= 0.6 is 23.2 Å². The molecule has 0 N–H and O–H groups in total. The van der Waals surface area contributed by atoms with E-state index in [9.17, 15) is 45.1 Å². The summed E-state index contributed by atoms with van der Waals surface area (Å²) in [5, 5.41) is 0.620. The van der Waals surface area contributed by atoms with Gasteiger partial charge in [0.25, 0.3) is 0 Å². The molecule has 16 heteroatoms. The molecule has 0 aliphatic carbocycles. The molecule has 0 fully saturated rings. The number of Topliss-reactive ketones (excluding diaryl/α,β-unsaturated/α-hetero) is 2. The molecule has 0 bridgehead atoms. The molecule has 0 aliphatic rings. The van der Waals surface area contributed by atoms with Gasteiger partial charge in [-0.3, -0.25) is 4.79 Å². The molecule has 0 aliphatic heterocycles. The van der Waals surface area contributed by atoms with Crippen molar-refractivity contribution >= 4 is 40.7 Å². The second-order valence-corrected chi connectivity index (χ2v) is 14.2. The number of halogens is 9. The van der Waals surface area contributed by atoms with Crippen LogP contribution in [0, 0.1) is 30.2 Å². The number of hydrogen-bond donors (Lipinski definition) is 0. The highest BCUT2D eigenvalue weighted by Crippen LogP contribution is 2.38. The van der Waals surface area contributed by atoms with Crippen molar-refractivity contribution in [2.75, 3.05) is 7.11 Å². The zero-order valence-corrected chi connectivity index (χ0v) is 34.0. The van der Waals surface area contributed by atoms with Gasteiger partial charge in [-0.25, -0.2) is 22.4 Å². The highest BCUT2D eigenvalue weighted by Gasteiger charge is 2.32. The molecule has 6 aromatic rings. The summed E-state index contributed by atoms with van der Waals surface area (Å²) in [5.74, 6) is -4.04. The first-order valence-electron chi connectivity index (χ1n) is 18.1. The van der Waals surface area contributed by atoms with E-state index in [1.165, 1.54) is 66.1 Å². The fourth-order valence-electron chi connectivity index (χ4n) is 5.97. The first-order valence-corrected chi connectivity index (χ1v) is 18.9. The number of aryl methyl sites for hydroxylation is 1. The van der Waals surface area contributed by atoms with Gasteiger partial charge in [-0.1, -0.05) is 35.3 Å². The van der Waals surface area contributed by atoms with Crippen LogP contribution in [0.1, 0.15) is 62.9 Å². The minimum Gasteiger partial charge on any atom is -0.488 e. The Labute approximate surface area is 355 Å². The van der Waals surface area contributed by atoms with E-state index >= 15 is 0 Å². The lowest BCUT2D eigenvalue weighted by atomic mass is 10.0. The lowest BCUT2D eigenvalue weighted by Gasteiger charge is -2.18. The Kier molecular flexibility index (Phi) is 15.0. The third kappa shape index (κ3) is 11.6. The zero-order chi connectivity index (χ0) is 44.6. The number of carbonyl (C=O) groups is 3. The van der Waals surface area contributed by atoms with Crippen LogP contribution in [0.15, 0.2) is 103 Å². The van der Waals surface area contributed by atoms with Crippen molar-refractivity contribution in [1.29, 1.82) is 0 Å². The van der Waals surface area contributed by atoms with Gasteiger partial charge in [-0.15, -0.1) is 0 Å². The Balaban J connectivity index is 0.000000254. The van der Waals surface area contributed by atoms with Crippen molar-refractivity contribution in [1.82, 2.24) is 4.57 Å². The number of alkyl halides is 3. The number of esters is 1. The van der Waals surface area contributed by atoms with E-state index in [0.717, 1.165) is 37.4 Å². The molecule has 318 valence electrons. The first kappa shape index (κ1) is 46.0. The van der Waals surface area contributed by atoms with E-state index in [-0.39, 0.29) is 70.5 Å². The van der Waals surface area contributed by atoms with Crippen LogP contribution in [0.2, 0.25) is 10.0 Å². The number of nitrogens with zero attached hydrogens (tertiary/aromatic N) is 1. The Morgan fingerprint density at radius 1 is 0.672 bits per heavy atom. The van der Waals surface area contributed by atoms with Crippen molar-refractivity contribution in [2.45, 2.75) is 46.1 Å². The fraction of sp³-hybridized carbons (Fsp3) is 0.178. The summed E-state index contributed by atoms with van der Waals surface area (Å²) in [4.78, 5) is 35.4. The average molecular weight is 889 g/mol. The largest absolute Gasteiger partial charge is 0.488 e. The van der Waals surface area contributed by atoms with Gasteiger partial charge in [-0.2, -0.15) is 13.2 Å². The Hall–Kier alpha value is -6.12. The molecule has 0 spiro atoms. The normalized spacial score (nSPS) is 11.1. The van der Waals surface area contributed by atoms with E-state index in [4.69, 9.17) is 32.7 Å². The smallest absolute Gasteiger partial charge is 0.416 e. The molecule has 7 nitrogen and oxygen atoms in total. The van der Waals surface area contributed by atoms with Crippen LogP contribution in [0.5, 0.6) is 11.5 Å². The zero-order valence-electron chi connectivity index (χ0n) is 32.4. The number of methoxy groups -OCH3 is 1. The van der Waals surface area contributed by atoms with E-state index < -0.39 is 47.6 Å². The number of hydrogen-bond acceptors (Lipinski definition) is 6. The number of carbonyl (C=O) groups excluding carboxylic acids is 3. The van der Waals surface area contributed by atoms with Crippen LogP contribution in [-0.2, 0) is 28.9 Å². The fourth-order valence-corrected chi connectivity index (χ4v) is 6.31. The molecule has 0 unspecified atom stereocenters. The van der Waals surface area contributed by atoms with Crippen LogP contribution in [-0.4, -0.2) is 29.2 Å². The van der Waals surface area contributed by atoms with Gasteiger partial charge >= 0.3 is 12.1 Å². The summed E-state index contributed by atoms with van der Waals surface area (Å²) in [5.41, 5.74) is -0.347. The lowest BCUT2D eigenvalue weighted by Crippen LogP contribution is -2.11. The molecule has 0 atom stereocenters. The summed E-state index contributed by atoms with van der Waals surface area (Å²) in [6, 6.07) is 22.1. The highest BCUT2D eigenvalue weighted by molar-refractivity contribution is 6.31. The third-order valence-electron chi connectivity index (χ3n) is 9.03. The number of aromatic nitrogens is 1. The molecule has 1 heterocycles. The standard InChI is InChI=1S/C27H19ClF5NO3.C18H15ClF2O3/c1-15-6-8-24(34(15)19-11-16(26(35)36-2)10-17(12-19)27(31,32)33)20-13-18(28)7-9-25(20)37-14-21-22(29)4-3-5-23(21)30;1-11(22)5-7-17(23)13-9-12(19)6-8-18(13)24-10-14-15(20)3-2-4-16(14)21/h3-13H,14H2,1-2H3;2-4,6,8-9H,5,7,10H2,1H3. The molecule has 0 saturated heterocycles. The topological polar surface area (TPSA) is 83.8 Å². The van der Waals surface area contributed by atoms with Crippen molar-refractivity contribution in [2.24, 2.45) is 0 Å². The van der Waals surface area contributed by atoms with Crippen LogP contribution in [0.4, 0.5) is 30.7 Å².